The lowest BCUT2D eigenvalue weighted by Crippen LogP contribution is -2.24. The number of nitriles is 1. The minimum atomic E-state index is -3.89. The minimum absolute atomic E-state index is 0.0980. The van der Waals surface area contributed by atoms with Gasteiger partial charge in [-0.2, -0.15) is 5.26 Å². The summed E-state index contributed by atoms with van der Waals surface area (Å²) in [6.45, 7) is 4.97. The van der Waals surface area contributed by atoms with Crippen LogP contribution in [-0.4, -0.2) is 46.0 Å². The van der Waals surface area contributed by atoms with Gasteiger partial charge in [0.25, 0.3) is 5.84 Å². The molecule has 5 N–H and O–H groups in total. The summed E-state index contributed by atoms with van der Waals surface area (Å²) in [7, 11) is -7.77. The normalized spacial score (nSPS) is 12.4. The van der Waals surface area contributed by atoms with Gasteiger partial charge in [-0.3, -0.25) is 5.43 Å². The van der Waals surface area contributed by atoms with E-state index in [2.05, 4.69) is 44.0 Å². The summed E-state index contributed by atoms with van der Waals surface area (Å²) in [6, 6.07) is 8.86. The third-order valence-electron chi connectivity index (χ3n) is 8.82. The van der Waals surface area contributed by atoms with Crippen molar-refractivity contribution in [2.24, 2.45) is 15.3 Å². The number of nitrogens with zero attached hydrogens (tertiary/aromatic N) is 4. The second-order valence-corrected chi connectivity index (χ2v) is 16.9. The van der Waals surface area contributed by atoms with Crippen molar-refractivity contribution in [1.82, 2.24) is 9.44 Å². The summed E-state index contributed by atoms with van der Waals surface area (Å²) < 4.78 is 56.7. The fourth-order valence-corrected chi connectivity index (χ4v) is 7.80. The lowest BCUT2D eigenvalue weighted by atomic mass is 10.1. The van der Waals surface area contributed by atoms with Crippen LogP contribution >= 0.6 is 0 Å². The van der Waals surface area contributed by atoms with Crippen LogP contribution in [0.15, 0.2) is 61.5 Å². The number of aromatic hydroxyl groups is 2. The van der Waals surface area contributed by atoms with Crippen molar-refractivity contribution < 1.29 is 27.0 Å². The summed E-state index contributed by atoms with van der Waals surface area (Å²) in [5.74, 6) is -1.23. The zero-order chi connectivity index (χ0) is 38.8. The standard InChI is InChI=1S/C38H61N7O6S2/c1-3-5-7-9-11-13-15-17-19-21-27-40-52(48,49)32-23-25-36(46)34(29-32)42-44-38(31-39)45-43-35-30-33(24-26-37(35)47)53(50,51)41-28-22-20-18-16-14-12-10-8-6-4-2/h23-26,29-30,40-42,46-47H,3-22,27-28H2,1-2H3/b44-38+,45-43+. The first-order valence-corrected chi connectivity index (χ1v) is 22.3. The molecule has 0 fully saturated rings. The summed E-state index contributed by atoms with van der Waals surface area (Å²) in [4.78, 5) is -0.237. The van der Waals surface area contributed by atoms with Gasteiger partial charge in [0.15, 0.2) is 0 Å². The van der Waals surface area contributed by atoms with Crippen molar-refractivity contribution in [2.45, 2.75) is 152 Å². The van der Waals surface area contributed by atoms with E-state index in [1.54, 1.807) is 6.07 Å². The number of hydrogen-bond donors (Lipinski definition) is 5. The highest BCUT2D eigenvalue weighted by Crippen LogP contribution is 2.30. The fraction of sp³-hybridized carbons (Fsp3) is 0.632. The molecule has 15 heteroatoms. The van der Waals surface area contributed by atoms with Crippen LogP contribution in [0.2, 0.25) is 0 Å². The van der Waals surface area contributed by atoms with E-state index >= 15 is 0 Å². The number of rotatable bonds is 29. The van der Waals surface area contributed by atoms with Gasteiger partial charge in [-0.25, -0.2) is 26.3 Å². The monoisotopic (exact) mass is 775 g/mol. The van der Waals surface area contributed by atoms with Gasteiger partial charge in [0.05, 0.1) is 15.5 Å². The van der Waals surface area contributed by atoms with Crippen molar-refractivity contribution in [2.75, 3.05) is 18.5 Å². The number of sulfonamides is 2. The highest BCUT2D eigenvalue weighted by molar-refractivity contribution is 7.89. The zero-order valence-corrected chi connectivity index (χ0v) is 33.3. The van der Waals surface area contributed by atoms with Gasteiger partial charge in [-0.15, -0.1) is 15.3 Å². The number of phenols is 2. The molecule has 13 nitrogen and oxygen atoms in total. The first-order valence-electron chi connectivity index (χ1n) is 19.3. The fourth-order valence-electron chi connectivity index (χ4n) is 5.61. The molecule has 0 spiro atoms. The van der Waals surface area contributed by atoms with Gasteiger partial charge in [-0.1, -0.05) is 129 Å². The molecule has 0 atom stereocenters. The van der Waals surface area contributed by atoms with E-state index in [4.69, 9.17) is 0 Å². The number of hydrazone groups is 1. The van der Waals surface area contributed by atoms with Gasteiger partial charge in [0.2, 0.25) is 20.0 Å². The van der Waals surface area contributed by atoms with Crippen molar-refractivity contribution in [1.29, 1.82) is 5.26 Å². The van der Waals surface area contributed by atoms with E-state index in [0.717, 1.165) is 44.6 Å². The molecule has 0 saturated carbocycles. The Morgan fingerprint density at radius 1 is 0.623 bits per heavy atom. The molecule has 0 saturated heterocycles. The van der Waals surface area contributed by atoms with E-state index in [1.165, 1.54) is 107 Å². The Morgan fingerprint density at radius 3 is 1.49 bits per heavy atom. The number of unbranched alkanes of at least 4 members (excludes halogenated alkanes) is 18. The molecule has 0 aliphatic heterocycles. The Balaban J connectivity index is 1.89. The maximum Gasteiger partial charge on any atom is 0.270 e. The third kappa shape index (κ3) is 18.8. The maximum absolute atomic E-state index is 12.9. The summed E-state index contributed by atoms with van der Waals surface area (Å²) in [5, 5.41) is 41.4. The Kier molecular flexibility index (Phi) is 22.6. The Bertz CT molecular complexity index is 1680. The number of phenolic OH excluding ortho intramolecular Hbond substituents is 2. The lowest BCUT2D eigenvalue weighted by molar-refractivity contribution is 0.475. The number of anilines is 1. The molecular formula is C38H61N7O6S2. The first-order chi connectivity index (χ1) is 25.5. The van der Waals surface area contributed by atoms with Crippen molar-refractivity contribution in [3.63, 3.8) is 0 Å². The van der Waals surface area contributed by atoms with Crippen LogP contribution < -0.4 is 14.9 Å². The molecule has 53 heavy (non-hydrogen) atoms. The summed E-state index contributed by atoms with van der Waals surface area (Å²) >= 11 is 0. The first kappa shape index (κ1) is 45.6. The predicted molar refractivity (Wildman–Crippen MR) is 211 cm³/mol. The SMILES string of the molecule is CCCCCCCCCCCCNS(=O)(=O)c1ccc(O)c(/N=N/C(C#N)=N/Nc2cc(S(=O)(=O)NCCCCCCCCCCCC)ccc2O)c1. The van der Waals surface area contributed by atoms with E-state index in [0.29, 0.717) is 12.8 Å². The molecular weight excluding hydrogens is 715 g/mol. The second-order valence-electron chi connectivity index (χ2n) is 13.3. The molecule has 296 valence electrons. The number of nitrogens with one attached hydrogen (secondary N) is 3. The Labute approximate surface area is 317 Å². The van der Waals surface area contributed by atoms with Crippen molar-refractivity contribution >= 4 is 37.3 Å². The molecule has 0 aliphatic carbocycles. The maximum atomic E-state index is 12.9. The van der Waals surface area contributed by atoms with Gasteiger partial charge in [0, 0.05) is 13.1 Å². The topological polar surface area (TPSA) is 206 Å². The van der Waals surface area contributed by atoms with E-state index in [1.807, 2.05) is 0 Å². The molecule has 0 unspecified atom stereocenters. The van der Waals surface area contributed by atoms with Crippen LogP contribution in [0.3, 0.4) is 0 Å². The summed E-state index contributed by atoms with van der Waals surface area (Å²) in [5.41, 5.74) is 2.12. The quantitative estimate of drug-likeness (QED) is 0.0134. The average Bonchev–Trinajstić information content (AvgIpc) is 3.14. The number of azo groups is 1. The highest BCUT2D eigenvalue weighted by atomic mass is 32.2. The van der Waals surface area contributed by atoms with E-state index in [9.17, 15) is 32.3 Å². The second kappa shape index (κ2) is 26.2. The Hall–Kier alpha value is -3.58. The predicted octanol–water partition coefficient (Wildman–Crippen LogP) is 9.53. The number of hydrogen-bond acceptors (Lipinski definition) is 10. The van der Waals surface area contributed by atoms with Crippen LogP contribution in [0.4, 0.5) is 11.4 Å². The van der Waals surface area contributed by atoms with Crippen molar-refractivity contribution in [3.8, 4) is 17.6 Å². The summed E-state index contributed by atoms with van der Waals surface area (Å²) in [6.07, 6.45) is 22.7. The van der Waals surface area contributed by atoms with E-state index in [-0.39, 0.29) is 45.8 Å². The van der Waals surface area contributed by atoms with Crippen LogP contribution in [0.25, 0.3) is 0 Å². The molecule has 0 bridgehead atoms. The molecule has 2 rings (SSSR count). The number of benzene rings is 2. The van der Waals surface area contributed by atoms with Crippen LogP contribution in [0, 0.1) is 11.3 Å². The van der Waals surface area contributed by atoms with Crippen molar-refractivity contribution in [3.05, 3.63) is 36.4 Å². The molecule has 0 amide bonds. The van der Waals surface area contributed by atoms with Gasteiger partial charge < -0.3 is 10.2 Å². The Morgan fingerprint density at radius 2 is 1.04 bits per heavy atom. The lowest BCUT2D eigenvalue weighted by Gasteiger charge is -2.10. The minimum Gasteiger partial charge on any atom is -0.506 e. The molecule has 2 aromatic rings. The average molecular weight is 776 g/mol. The van der Waals surface area contributed by atoms with Gasteiger partial charge in [0.1, 0.15) is 23.3 Å². The zero-order valence-electron chi connectivity index (χ0n) is 31.7. The van der Waals surface area contributed by atoms with Crippen LogP contribution in [0.1, 0.15) is 142 Å². The molecule has 2 aromatic carbocycles. The molecule has 0 heterocycles. The smallest absolute Gasteiger partial charge is 0.270 e. The molecule has 0 aliphatic rings. The van der Waals surface area contributed by atoms with Gasteiger partial charge in [-0.05, 0) is 49.2 Å². The number of amidine groups is 1. The van der Waals surface area contributed by atoms with Gasteiger partial charge >= 0.3 is 0 Å². The van der Waals surface area contributed by atoms with Crippen LogP contribution in [0.5, 0.6) is 11.5 Å². The van der Waals surface area contributed by atoms with E-state index < -0.39 is 25.9 Å². The largest absolute Gasteiger partial charge is 0.506 e. The van der Waals surface area contributed by atoms with Crippen LogP contribution in [-0.2, 0) is 20.0 Å². The molecule has 0 aromatic heterocycles. The highest BCUT2D eigenvalue weighted by Gasteiger charge is 2.17. The molecule has 0 radical (unpaired) electrons. The third-order valence-corrected chi connectivity index (χ3v) is 11.7.